The first-order valence-corrected chi connectivity index (χ1v) is 6.54. The van der Waals surface area contributed by atoms with Crippen molar-refractivity contribution in [1.29, 1.82) is 0 Å². The lowest BCUT2D eigenvalue weighted by Crippen LogP contribution is -2.34. The Morgan fingerprint density at radius 2 is 1.74 bits per heavy atom. The summed E-state index contributed by atoms with van der Waals surface area (Å²) in [5.74, 6) is 2.52. The molecule has 1 heterocycles. The van der Waals surface area contributed by atoms with Gasteiger partial charge in [-0.15, -0.1) is 0 Å². The quantitative estimate of drug-likeness (QED) is 0.779. The lowest BCUT2D eigenvalue weighted by atomic mass is 9.89. The minimum atomic E-state index is -0.340. The van der Waals surface area contributed by atoms with Crippen molar-refractivity contribution in [2.24, 2.45) is 0 Å². The van der Waals surface area contributed by atoms with E-state index in [1.54, 1.807) is 14.2 Å². The molecule has 0 saturated carbocycles. The first-order chi connectivity index (χ1) is 8.97. The van der Waals surface area contributed by atoms with Crippen molar-refractivity contribution in [1.82, 2.24) is 0 Å². The Balaban J connectivity index is 2.68. The largest absolute Gasteiger partial charge is 0.496 e. The molecule has 0 N–H and O–H groups in total. The zero-order chi connectivity index (χ0) is 14.2. The Morgan fingerprint density at radius 1 is 1.16 bits per heavy atom. The molecular formula is C16H22O3. The lowest BCUT2D eigenvalue weighted by Gasteiger charge is -2.35. The molecule has 0 aromatic heterocycles. The molecule has 0 spiro atoms. The first-order valence-electron chi connectivity index (χ1n) is 6.54. The van der Waals surface area contributed by atoms with Gasteiger partial charge in [0.2, 0.25) is 0 Å². The van der Waals surface area contributed by atoms with Crippen molar-refractivity contribution < 1.29 is 14.2 Å². The number of rotatable bonds is 3. The molecule has 2 rings (SSSR count). The van der Waals surface area contributed by atoms with Crippen molar-refractivity contribution in [3.05, 3.63) is 29.3 Å². The van der Waals surface area contributed by atoms with Gasteiger partial charge in [0.15, 0.2) is 11.5 Å². The van der Waals surface area contributed by atoms with Gasteiger partial charge in [-0.25, -0.2) is 0 Å². The van der Waals surface area contributed by atoms with E-state index in [0.29, 0.717) is 0 Å². The number of methoxy groups -OCH3 is 2. The monoisotopic (exact) mass is 262 g/mol. The van der Waals surface area contributed by atoms with Crippen molar-refractivity contribution in [3.8, 4) is 17.2 Å². The molecular weight excluding hydrogens is 240 g/mol. The van der Waals surface area contributed by atoms with Crippen molar-refractivity contribution in [2.75, 3.05) is 14.2 Å². The highest BCUT2D eigenvalue weighted by molar-refractivity contribution is 5.63. The van der Waals surface area contributed by atoms with E-state index >= 15 is 0 Å². The van der Waals surface area contributed by atoms with Crippen LogP contribution in [0.1, 0.15) is 30.0 Å². The molecule has 0 amide bonds. The summed E-state index contributed by atoms with van der Waals surface area (Å²) in [5, 5.41) is 0. The summed E-state index contributed by atoms with van der Waals surface area (Å²) in [7, 11) is 3.38. The van der Waals surface area contributed by atoms with Gasteiger partial charge in [0, 0.05) is 11.1 Å². The van der Waals surface area contributed by atoms with E-state index in [9.17, 15) is 0 Å². The highest BCUT2D eigenvalue weighted by atomic mass is 16.5. The highest BCUT2D eigenvalue weighted by Gasteiger charge is 2.34. The second-order valence-corrected chi connectivity index (χ2v) is 5.24. The molecule has 1 aromatic rings. The predicted octanol–water partition coefficient (Wildman–Crippen LogP) is 3.59. The van der Waals surface area contributed by atoms with Crippen LogP contribution in [0.2, 0.25) is 0 Å². The number of hydrogen-bond donors (Lipinski definition) is 0. The summed E-state index contributed by atoms with van der Waals surface area (Å²) >= 11 is 0. The van der Waals surface area contributed by atoms with Gasteiger partial charge in [-0.3, -0.25) is 0 Å². The molecule has 0 bridgehead atoms. The Bertz CT molecular complexity index is 519. The van der Waals surface area contributed by atoms with Crippen LogP contribution in [-0.4, -0.2) is 19.8 Å². The molecule has 0 unspecified atom stereocenters. The Labute approximate surface area is 115 Å². The predicted molar refractivity (Wildman–Crippen MR) is 76.6 cm³/mol. The minimum absolute atomic E-state index is 0.340. The molecule has 1 aliphatic rings. The molecule has 104 valence electrons. The van der Waals surface area contributed by atoms with E-state index in [2.05, 4.69) is 13.5 Å². The molecule has 0 fully saturated rings. The molecule has 0 aliphatic carbocycles. The van der Waals surface area contributed by atoms with Crippen LogP contribution in [0.5, 0.6) is 17.2 Å². The van der Waals surface area contributed by atoms with Crippen LogP contribution < -0.4 is 14.2 Å². The van der Waals surface area contributed by atoms with E-state index in [4.69, 9.17) is 14.2 Å². The SMILES string of the molecule is C=C[C@@]1(C)CCc2c(OC)c(C)c(C)c(OC)c2O1. The van der Waals surface area contributed by atoms with E-state index < -0.39 is 0 Å². The number of ether oxygens (including phenoxy) is 3. The molecule has 0 radical (unpaired) electrons. The second kappa shape index (κ2) is 4.80. The van der Waals surface area contributed by atoms with Gasteiger partial charge >= 0.3 is 0 Å². The maximum atomic E-state index is 6.15. The fourth-order valence-corrected chi connectivity index (χ4v) is 2.64. The first kappa shape index (κ1) is 13.8. The number of benzene rings is 1. The summed E-state index contributed by atoms with van der Waals surface area (Å²) in [5.41, 5.74) is 2.93. The number of fused-ring (bicyclic) bond motifs is 1. The summed E-state index contributed by atoms with van der Waals surface area (Å²) in [4.78, 5) is 0. The summed E-state index contributed by atoms with van der Waals surface area (Å²) in [6, 6.07) is 0. The normalized spacial score (nSPS) is 21.3. The Morgan fingerprint density at radius 3 is 2.26 bits per heavy atom. The fraction of sp³-hybridized carbons (Fsp3) is 0.500. The lowest BCUT2D eigenvalue weighted by molar-refractivity contribution is 0.108. The zero-order valence-electron chi connectivity index (χ0n) is 12.4. The van der Waals surface area contributed by atoms with E-state index in [1.165, 1.54) is 0 Å². The van der Waals surface area contributed by atoms with Gasteiger partial charge in [-0.2, -0.15) is 0 Å². The van der Waals surface area contributed by atoms with Gasteiger partial charge in [-0.1, -0.05) is 6.58 Å². The average molecular weight is 262 g/mol. The van der Waals surface area contributed by atoms with Gasteiger partial charge < -0.3 is 14.2 Å². The topological polar surface area (TPSA) is 27.7 Å². The van der Waals surface area contributed by atoms with Crippen molar-refractivity contribution in [2.45, 2.75) is 39.2 Å². The third-order valence-corrected chi connectivity index (χ3v) is 4.04. The molecule has 1 atom stereocenters. The molecule has 3 nitrogen and oxygen atoms in total. The van der Waals surface area contributed by atoms with Gasteiger partial charge in [0.05, 0.1) is 14.2 Å². The fourth-order valence-electron chi connectivity index (χ4n) is 2.64. The smallest absolute Gasteiger partial charge is 0.169 e. The van der Waals surface area contributed by atoms with Crippen LogP contribution in [0.25, 0.3) is 0 Å². The number of hydrogen-bond acceptors (Lipinski definition) is 3. The van der Waals surface area contributed by atoms with Gasteiger partial charge in [0.1, 0.15) is 11.4 Å². The summed E-state index contributed by atoms with van der Waals surface area (Å²) < 4.78 is 17.3. The van der Waals surface area contributed by atoms with Crippen LogP contribution in [0.15, 0.2) is 12.7 Å². The standard InChI is InChI=1S/C16H22O3/c1-7-16(4)9-8-12-13(17-5)10(2)11(3)14(18-6)15(12)19-16/h7H,1,8-9H2,2-6H3/t16-/m0/s1. The summed E-state index contributed by atoms with van der Waals surface area (Å²) in [6.07, 6.45) is 3.65. The van der Waals surface area contributed by atoms with Crippen LogP contribution in [0.4, 0.5) is 0 Å². The molecule has 3 heteroatoms. The molecule has 0 saturated heterocycles. The van der Waals surface area contributed by atoms with E-state index in [-0.39, 0.29) is 5.60 Å². The van der Waals surface area contributed by atoms with Crippen LogP contribution in [-0.2, 0) is 6.42 Å². The molecule has 19 heavy (non-hydrogen) atoms. The Hall–Kier alpha value is -1.64. The Kier molecular flexibility index (Phi) is 3.48. The van der Waals surface area contributed by atoms with Crippen molar-refractivity contribution in [3.63, 3.8) is 0 Å². The third-order valence-electron chi connectivity index (χ3n) is 4.04. The van der Waals surface area contributed by atoms with Crippen molar-refractivity contribution >= 4 is 0 Å². The van der Waals surface area contributed by atoms with Gasteiger partial charge in [-0.05, 0) is 45.3 Å². The maximum absolute atomic E-state index is 6.15. The second-order valence-electron chi connectivity index (χ2n) is 5.24. The van der Waals surface area contributed by atoms with E-state index in [0.717, 1.165) is 46.8 Å². The minimum Gasteiger partial charge on any atom is -0.496 e. The van der Waals surface area contributed by atoms with E-state index in [1.807, 2.05) is 19.9 Å². The van der Waals surface area contributed by atoms with Crippen LogP contribution in [0, 0.1) is 13.8 Å². The zero-order valence-corrected chi connectivity index (χ0v) is 12.4. The average Bonchev–Trinajstić information content (AvgIpc) is 2.41. The van der Waals surface area contributed by atoms with Crippen LogP contribution >= 0.6 is 0 Å². The summed E-state index contributed by atoms with van der Waals surface area (Å²) in [6.45, 7) is 10.00. The molecule has 1 aliphatic heterocycles. The maximum Gasteiger partial charge on any atom is 0.169 e. The van der Waals surface area contributed by atoms with Crippen LogP contribution in [0.3, 0.4) is 0 Å². The molecule has 1 aromatic carbocycles. The van der Waals surface area contributed by atoms with Gasteiger partial charge in [0.25, 0.3) is 0 Å². The third kappa shape index (κ3) is 2.07. The highest BCUT2D eigenvalue weighted by Crippen LogP contribution is 2.48.